The molecular formula is C12H8ClN5. The summed E-state index contributed by atoms with van der Waals surface area (Å²) in [5.41, 5.74) is 1.51. The zero-order chi connectivity index (χ0) is 12.4. The van der Waals surface area contributed by atoms with Crippen molar-refractivity contribution in [3.63, 3.8) is 0 Å². The van der Waals surface area contributed by atoms with Crippen LogP contribution < -0.4 is 0 Å². The predicted molar refractivity (Wildman–Crippen MR) is 67.9 cm³/mol. The number of H-pyrrole nitrogens is 1. The maximum absolute atomic E-state index is 5.93. The molecule has 0 aliphatic carbocycles. The lowest BCUT2D eigenvalue weighted by molar-refractivity contribution is 1.08. The van der Waals surface area contributed by atoms with Gasteiger partial charge in [0.1, 0.15) is 5.69 Å². The number of benzene rings is 1. The summed E-state index contributed by atoms with van der Waals surface area (Å²) in [6.45, 7) is 0. The van der Waals surface area contributed by atoms with Crippen molar-refractivity contribution in [1.82, 2.24) is 25.1 Å². The fourth-order valence-corrected chi connectivity index (χ4v) is 1.74. The van der Waals surface area contributed by atoms with Crippen molar-refractivity contribution in [1.29, 1.82) is 0 Å². The first-order valence-corrected chi connectivity index (χ1v) is 5.65. The van der Waals surface area contributed by atoms with Crippen LogP contribution >= 0.6 is 11.6 Å². The van der Waals surface area contributed by atoms with Crippen molar-refractivity contribution in [2.45, 2.75) is 0 Å². The molecule has 0 spiro atoms. The number of nitrogens with zero attached hydrogens (tertiary/aromatic N) is 4. The second-order valence-electron chi connectivity index (χ2n) is 3.61. The molecule has 0 aliphatic rings. The normalized spacial score (nSPS) is 10.5. The van der Waals surface area contributed by atoms with Gasteiger partial charge in [-0.25, -0.2) is 9.97 Å². The van der Waals surface area contributed by atoms with Gasteiger partial charge in [-0.05, 0) is 12.1 Å². The minimum absolute atomic E-state index is 0.582. The van der Waals surface area contributed by atoms with Crippen LogP contribution in [-0.2, 0) is 0 Å². The minimum Gasteiger partial charge on any atom is -0.261 e. The molecule has 3 rings (SSSR count). The third-order valence-corrected chi connectivity index (χ3v) is 2.61. The fraction of sp³-hybridized carbons (Fsp3) is 0. The van der Waals surface area contributed by atoms with E-state index in [0.29, 0.717) is 22.4 Å². The lowest BCUT2D eigenvalue weighted by Gasteiger charge is -1.95. The van der Waals surface area contributed by atoms with E-state index in [-0.39, 0.29) is 0 Å². The van der Waals surface area contributed by atoms with E-state index in [1.54, 1.807) is 24.7 Å². The number of halogens is 1. The molecule has 0 saturated heterocycles. The summed E-state index contributed by atoms with van der Waals surface area (Å²) < 4.78 is 0. The van der Waals surface area contributed by atoms with Gasteiger partial charge in [0.15, 0.2) is 11.6 Å². The number of nitrogens with one attached hydrogen (secondary N) is 1. The quantitative estimate of drug-likeness (QED) is 0.766. The highest BCUT2D eigenvalue weighted by Gasteiger charge is 2.08. The molecule has 5 nitrogen and oxygen atoms in total. The third kappa shape index (κ3) is 2.08. The Kier molecular flexibility index (Phi) is 2.74. The smallest absolute Gasteiger partial charge is 0.181 e. The van der Waals surface area contributed by atoms with E-state index in [2.05, 4.69) is 25.1 Å². The standard InChI is InChI=1S/C12H8ClN5/c13-9-3-1-2-8(6-9)11-16-12(18-17-11)10-7-14-4-5-15-10/h1-7H,(H,16,17,18). The van der Waals surface area contributed by atoms with Crippen molar-refractivity contribution >= 4 is 11.6 Å². The monoisotopic (exact) mass is 257 g/mol. The van der Waals surface area contributed by atoms with Crippen LogP contribution in [-0.4, -0.2) is 25.1 Å². The van der Waals surface area contributed by atoms with E-state index in [0.717, 1.165) is 5.56 Å². The molecule has 18 heavy (non-hydrogen) atoms. The average molecular weight is 258 g/mol. The molecule has 2 aromatic heterocycles. The molecule has 0 unspecified atom stereocenters. The van der Waals surface area contributed by atoms with Crippen molar-refractivity contribution in [2.24, 2.45) is 0 Å². The Hall–Kier alpha value is -2.27. The summed E-state index contributed by atoms with van der Waals surface area (Å²) in [5, 5.41) is 7.63. The molecule has 1 N–H and O–H groups in total. The van der Waals surface area contributed by atoms with Crippen molar-refractivity contribution in [3.05, 3.63) is 47.9 Å². The van der Waals surface area contributed by atoms with Crippen LogP contribution in [0.15, 0.2) is 42.9 Å². The SMILES string of the molecule is Clc1cccc(-c2n[nH]c(-c3cnccn3)n2)c1. The van der Waals surface area contributed by atoms with Gasteiger partial charge in [-0.1, -0.05) is 23.7 Å². The Morgan fingerprint density at radius 3 is 2.89 bits per heavy atom. The first-order chi connectivity index (χ1) is 8.83. The number of aromatic amines is 1. The largest absolute Gasteiger partial charge is 0.261 e. The van der Waals surface area contributed by atoms with Crippen LogP contribution in [0.25, 0.3) is 22.9 Å². The average Bonchev–Trinajstić information content (AvgIpc) is 2.89. The van der Waals surface area contributed by atoms with E-state index in [9.17, 15) is 0 Å². The van der Waals surface area contributed by atoms with Gasteiger partial charge in [-0.15, -0.1) is 0 Å². The van der Waals surface area contributed by atoms with Gasteiger partial charge in [0, 0.05) is 23.0 Å². The zero-order valence-electron chi connectivity index (χ0n) is 9.21. The van der Waals surface area contributed by atoms with Crippen molar-refractivity contribution in [2.75, 3.05) is 0 Å². The second-order valence-corrected chi connectivity index (χ2v) is 4.05. The van der Waals surface area contributed by atoms with E-state index in [1.807, 2.05) is 18.2 Å². The van der Waals surface area contributed by atoms with Gasteiger partial charge < -0.3 is 0 Å². The molecule has 0 saturated carbocycles. The van der Waals surface area contributed by atoms with Crippen LogP contribution in [0.1, 0.15) is 0 Å². The molecular weight excluding hydrogens is 250 g/mol. The van der Waals surface area contributed by atoms with Crippen molar-refractivity contribution < 1.29 is 0 Å². The second kappa shape index (κ2) is 4.54. The molecule has 1 aromatic carbocycles. The Morgan fingerprint density at radius 2 is 2.11 bits per heavy atom. The van der Waals surface area contributed by atoms with Gasteiger partial charge in [-0.2, -0.15) is 5.10 Å². The Labute approximate surface area is 108 Å². The molecule has 6 heteroatoms. The summed E-state index contributed by atoms with van der Waals surface area (Å²) in [5.74, 6) is 1.16. The highest BCUT2D eigenvalue weighted by Crippen LogP contribution is 2.21. The highest BCUT2D eigenvalue weighted by atomic mass is 35.5. The molecule has 0 bridgehead atoms. The molecule has 0 amide bonds. The van der Waals surface area contributed by atoms with Gasteiger partial charge in [-0.3, -0.25) is 10.1 Å². The summed E-state index contributed by atoms with van der Waals surface area (Å²) in [6.07, 6.45) is 4.84. The van der Waals surface area contributed by atoms with Gasteiger partial charge in [0.2, 0.25) is 0 Å². The third-order valence-electron chi connectivity index (χ3n) is 2.37. The number of aromatic nitrogens is 5. The first kappa shape index (κ1) is 10.9. The van der Waals surface area contributed by atoms with Crippen LogP contribution in [0.4, 0.5) is 0 Å². The topological polar surface area (TPSA) is 67.3 Å². The van der Waals surface area contributed by atoms with E-state index in [4.69, 9.17) is 11.6 Å². The fourth-order valence-electron chi connectivity index (χ4n) is 1.55. The van der Waals surface area contributed by atoms with Crippen molar-refractivity contribution in [3.8, 4) is 22.9 Å². The maximum Gasteiger partial charge on any atom is 0.181 e. The van der Waals surface area contributed by atoms with E-state index < -0.39 is 0 Å². The van der Waals surface area contributed by atoms with Crippen LogP contribution in [0.3, 0.4) is 0 Å². The molecule has 0 fully saturated rings. The summed E-state index contributed by atoms with van der Waals surface area (Å²) in [6, 6.07) is 7.37. The summed E-state index contributed by atoms with van der Waals surface area (Å²) in [4.78, 5) is 12.5. The highest BCUT2D eigenvalue weighted by molar-refractivity contribution is 6.30. The zero-order valence-corrected chi connectivity index (χ0v) is 9.96. The van der Waals surface area contributed by atoms with E-state index >= 15 is 0 Å². The summed E-state index contributed by atoms with van der Waals surface area (Å²) in [7, 11) is 0. The molecule has 0 radical (unpaired) electrons. The molecule has 0 aliphatic heterocycles. The number of rotatable bonds is 2. The number of hydrogen-bond donors (Lipinski definition) is 1. The van der Waals surface area contributed by atoms with Gasteiger partial charge >= 0.3 is 0 Å². The molecule has 3 aromatic rings. The van der Waals surface area contributed by atoms with Crippen LogP contribution in [0, 0.1) is 0 Å². The van der Waals surface area contributed by atoms with Gasteiger partial charge in [0.25, 0.3) is 0 Å². The predicted octanol–water partition coefficient (Wildman–Crippen LogP) is 2.58. The van der Waals surface area contributed by atoms with E-state index in [1.165, 1.54) is 0 Å². The Bertz CT molecular complexity index is 665. The molecule has 0 atom stereocenters. The lowest BCUT2D eigenvalue weighted by Crippen LogP contribution is -1.86. The first-order valence-electron chi connectivity index (χ1n) is 5.27. The summed E-state index contributed by atoms with van der Waals surface area (Å²) >= 11 is 5.93. The Morgan fingerprint density at radius 1 is 1.17 bits per heavy atom. The number of hydrogen-bond acceptors (Lipinski definition) is 4. The van der Waals surface area contributed by atoms with Crippen LogP contribution in [0.2, 0.25) is 5.02 Å². The van der Waals surface area contributed by atoms with Gasteiger partial charge in [0.05, 0.1) is 6.20 Å². The molecule has 88 valence electrons. The Balaban J connectivity index is 2.00. The minimum atomic E-state index is 0.582. The molecule has 2 heterocycles. The lowest BCUT2D eigenvalue weighted by atomic mass is 10.2. The maximum atomic E-state index is 5.93. The van der Waals surface area contributed by atoms with Crippen LogP contribution in [0.5, 0.6) is 0 Å².